The van der Waals surface area contributed by atoms with Gasteiger partial charge in [0.2, 0.25) is 0 Å². The summed E-state index contributed by atoms with van der Waals surface area (Å²) in [5, 5.41) is 4.40. The van der Waals surface area contributed by atoms with E-state index in [1.165, 1.54) is 4.57 Å². The molecule has 0 spiro atoms. The van der Waals surface area contributed by atoms with Crippen LogP contribution >= 0.6 is 15.9 Å². The number of carbonyl (C=O) groups is 1. The first-order valence-corrected chi connectivity index (χ1v) is 8.31. The van der Waals surface area contributed by atoms with E-state index in [2.05, 4.69) is 21.2 Å². The third-order valence-corrected chi connectivity index (χ3v) is 4.56. The van der Waals surface area contributed by atoms with Gasteiger partial charge in [-0.25, -0.2) is 4.79 Å². The molecule has 0 saturated carbocycles. The first-order valence-electron chi connectivity index (χ1n) is 7.52. The van der Waals surface area contributed by atoms with Crippen molar-refractivity contribution >= 4 is 32.9 Å². The fourth-order valence-corrected chi connectivity index (χ4v) is 3.33. The van der Waals surface area contributed by atoms with Gasteiger partial charge < -0.3 is 15.8 Å². The van der Waals surface area contributed by atoms with Crippen molar-refractivity contribution in [2.24, 2.45) is 5.73 Å². The summed E-state index contributed by atoms with van der Waals surface area (Å²) in [7, 11) is 1.65. The summed E-state index contributed by atoms with van der Waals surface area (Å²) in [5.41, 5.74) is 8.45. The van der Waals surface area contributed by atoms with Crippen LogP contribution in [0.15, 0.2) is 53.1 Å². The lowest BCUT2D eigenvalue weighted by Gasteiger charge is -2.06. The van der Waals surface area contributed by atoms with Crippen molar-refractivity contribution < 1.29 is 9.53 Å². The van der Waals surface area contributed by atoms with E-state index in [4.69, 9.17) is 10.5 Å². The molecule has 5 nitrogen and oxygen atoms in total. The summed E-state index contributed by atoms with van der Waals surface area (Å²) in [6.45, 7) is 1.35. The summed E-state index contributed by atoms with van der Waals surface area (Å²) < 4.78 is 7.58. The SMILES string of the molecule is COc1ccc(CNCc2cn(C(N)=O)c3cccc(Br)c23)cc1. The fourth-order valence-electron chi connectivity index (χ4n) is 2.72. The van der Waals surface area contributed by atoms with E-state index in [1.54, 1.807) is 13.3 Å². The molecule has 1 amide bonds. The Balaban J connectivity index is 1.78. The monoisotopic (exact) mass is 387 g/mol. The highest BCUT2D eigenvalue weighted by Crippen LogP contribution is 2.29. The van der Waals surface area contributed by atoms with E-state index in [0.717, 1.165) is 38.8 Å². The maximum atomic E-state index is 11.6. The molecule has 0 aliphatic heterocycles. The maximum Gasteiger partial charge on any atom is 0.323 e. The largest absolute Gasteiger partial charge is 0.497 e. The van der Waals surface area contributed by atoms with E-state index in [1.807, 2.05) is 42.5 Å². The van der Waals surface area contributed by atoms with Gasteiger partial charge in [0.25, 0.3) is 0 Å². The maximum absolute atomic E-state index is 11.6. The number of halogens is 1. The van der Waals surface area contributed by atoms with Gasteiger partial charge in [-0.2, -0.15) is 0 Å². The second-order valence-electron chi connectivity index (χ2n) is 5.45. The Morgan fingerprint density at radius 2 is 1.96 bits per heavy atom. The highest BCUT2D eigenvalue weighted by atomic mass is 79.9. The minimum atomic E-state index is -0.487. The molecule has 0 atom stereocenters. The number of ether oxygens (including phenoxy) is 1. The second-order valence-corrected chi connectivity index (χ2v) is 6.30. The predicted molar refractivity (Wildman–Crippen MR) is 98.2 cm³/mol. The summed E-state index contributed by atoms with van der Waals surface area (Å²) in [5.74, 6) is 0.840. The molecule has 0 aliphatic rings. The summed E-state index contributed by atoms with van der Waals surface area (Å²) >= 11 is 3.56. The van der Waals surface area contributed by atoms with Gasteiger partial charge in [0, 0.05) is 29.1 Å². The number of methoxy groups -OCH3 is 1. The molecular formula is C18H18BrN3O2. The van der Waals surface area contributed by atoms with Gasteiger partial charge >= 0.3 is 6.03 Å². The van der Waals surface area contributed by atoms with E-state index in [9.17, 15) is 4.79 Å². The third-order valence-electron chi connectivity index (χ3n) is 3.90. The average Bonchev–Trinajstić information content (AvgIpc) is 2.96. The normalized spacial score (nSPS) is 10.9. The van der Waals surface area contributed by atoms with E-state index < -0.39 is 6.03 Å². The Labute approximate surface area is 148 Å². The average molecular weight is 388 g/mol. The second kappa shape index (κ2) is 7.07. The quantitative estimate of drug-likeness (QED) is 0.702. The minimum absolute atomic E-state index is 0.487. The summed E-state index contributed by atoms with van der Waals surface area (Å²) in [4.78, 5) is 11.6. The Hall–Kier alpha value is -2.31. The smallest absolute Gasteiger partial charge is 0.323 e. The number of aromatic nitrogens is 1. The molecule has 6 heteroatoms. The molecule has 124 valence electrons. The number of hydrogen-bond acceptors (Lipinski definition) is 3. The van der Waals surface area contributed by atoms with Crippen LogP contribution in [0.3, 0.4) is 0 Å². The molecule has 3 rings (SSSR count). The van der Waals surface area contributed by atoms with Crippen LogP contribution in [0.1, 0.15) is 11.1 Å². The topological polar surface area (TPSA) is 69.3 Å². The van der Waals surface area contributed by atoms with Crippen molar-refractivity contribution in [1.82, 2.24) is 9.88 Å². The number of primary amides is 1. The molecule has 0 unspecified atom stereocenters. The highest BCUT2D eigenvalue weighted by Gasteiger charge is 2.13. The van der Waals surface area contributed by atoms with Crippen molar-refractivity contribution in [3.63, 3.8) is 0 Å². The van der Waals surface area contributed by atoms with E-state index in [0.29, 0.717) is 6.54 Å². The molecule has 3 N–H and O–H groups in total. The minimum Gasteiger partial charge on any atom is -0.497 e. The number of benzene rings is 2. The number of nitrogens with zero attached hydrogens (tertiary/aromatic N) is 1. The molecule has 1 heterocycles. The van der Waals surface area contributed by atoms with E-state index in [-0.39, 0.29) is 0 Å². The predicted octanol–water partition coefficient (Wildman–Crippen LogP) is 3.63. The van der Waals surface area contributed by atoms with Gasteiger partial charge in [-0.1, -0.05) is 34.1 Å². The Bertz CT molecular complexity index is 872. The van der Waals surface area contributed by atoms with Crippen LogP contribution in [0, 0.1) is 0 Å². The Kier molecular flexibility index (Phi) is 4.87. The van der Waals surface area contributed by atoms with Gasteiger partial charge in [0.05, 0.1) is 12.6 Å². The number of amides is 1. The van der Waals surface area contributed by atoms with Crippen molar-refractivity contribution in [2.75, 3.05) is 7.11 Å². The number of hydrogen-bond donors (Lipinski definition) is 2. The number of carbonyl (C=O) groups excluding carboxylic acids is 1. The van der Waals surface area contributed by atoms with Gasteiger partial charge in [-0.15, -0.1) is 0 Å². The molecule has 2 aromatic carbocycles. The van der Waals surface area contributed by atoms with Crippen LogP contribution in [0.2, 0.25) is 0 Å². The molecule has 0 saturated heterocycles. The van der Waals surface area contributed by atoms with Crippen molar-refractivity contribution in [1.29, 1.82) is 0 Å². The highest BCUT2D eigenvalue weighted by molar-refractivity contribution is 9.10. The molecule has 0 radical (unpaired) electrons. The molecule has 1 aromatic heterocycles. The van der Waals surface area contributed by atoms with Crippen LogP contribution < -0.4 is 15.8 Å². The lowest BCUT2D eigenvalue weighted by atomic mass is 10.1. The lowest BCUT2D eigenvalue weighted by molar-refractivity contribution is 0.251. The fraction of sp³-hybridized carbons (Fsp3) is 0.167. The molecule has 24 heavy (non-hydrogen) atoms. The van der Waals surface area contributed by atoms with Gasteiger partial charge in [0.15, 0.2) is 0 Å². The van der Waals surface area contributed by atoms with E-state index >= 15 is 0 Å². The van der Waals surface area contributed by atoms with Crippen molar-refractivity contribution in [3.8, 4) is 5.75 Å². The number of nitrogens with two attached hydrogens (primary N) is 1. The zero-order valence-corrected chi connectivity index (χ0v) is 14.8. The summed E-state index contributed by atoms with van der Waals surface area (Å²) in [6.07, 6.45) is 1.79. The molecular weight excluding hydrogens is 370 g/mol. The first-order chi connectivity index (χ1) is 11.6. The number of nitrogens with one attached hydrogen (secondary N) is 1. The van der Waals surface area contributed by atoms with Crippen LogP contribution in [0.5, 0.6) is 5.75 Å². The van der Waals surface area contributed by atoms with Gasteiger partial charge in [0.1, 0.15) is 5.75 Å². The Morgan fingerprint density at radius 1 is 1.21 bits per heavy atom. The van der Waals surface area contributed by atoms with Crippen molar-refractivity contribution in [2.45, 2.75) is 13.1 Å². The van der Waals surface area contributed by atoms with Crippen LogP contribution in [-0.4, -0.2) is 17.7 Å². The van der Waals surface area contributed by atoms with Crippen LogP contribution in [-0.2, 0) is 13.1 Å². The van der Waals surface area contributed by atoms with Gasteiger partial charge in [-0.3, -0.25) is 4.57 Å². The van der Waals surface area contributed by atoms with Crippen molar-refractivity contribution in [3.05, 3.63) is 64.3 Å². The Morgan fingerprint density at radius 3 is 2.62 bits per heavy atom. The third kappa shape index (κ3) is 3.29. The molecule has 0 fully saturated rings. The molecule has 0 aliphatic carbocycles. The lowest BCUT2D eigenvalue weighted by Crippen LogP contribution is -2.18. The standard InChI is InChI=1S/C18H18BrN3O2/c1-24-14-7-5-12(6-8-14)9-21-10-13-11-22(18(20)23)16-4-2-3-15(19)17(13)16/h2-8,11,21H,9-10H2,1H3,(H2,20,23). The number of rotatable bonds is 5. The first kappa shape index (κ1) is 16.5. The zero-order valence-electron chi connectivity index (χ0n) is 13.3. The molecule has 0 bridgehead atoms. The zero-order chi connectivity index (χ0) is 17.1. The molecule has 3 aromatic rings. The van der Waals surface area contributed by atoms with Gasteiger partial charge in [-0.05, 0) is 35.4 Å². The summed E-state index contributed by atoms with van der Waals surface area (Å²) in [6, 6.07) is 13.2. The number of fused-ring (bicyclic) bond motifs is 1. The van der Waals surface area contributed by atoms with Crippen LogP contribution in [0.25, 0.3) is 10.9 Å². The van der Waals surface area contributed by atoms with Crippen LogP contribution in [0.4, 0.5) is 4.79 Å².